The van der Waals surface area contributed by atoms with Crippen molar-refractivity contribution in [2.75, 3.05) is 6.54 Å². The van der Waals surface area contributed by atoms with E-state index in [4.69, 9.17) is 0 Å². The van der Waals surface area contributed by atoms with E-state index >= 15 is 0 Å². The monoisotopic (exact) mass is 283 g/mol. The molecule has 1 rings (SSSR count). The molecule has 0 spiro atoms. The summed E-state index contributed by atoms with van der Waals surface area (Å²) in [4.78, 5) is 0. The van der Waals surface area contributed by atoms with Crippen LogP contribution in [-0.4, -0.2) is 15.0 Å². The van der Waals surface area contributed by atoms with Crippen LogP contribution in [0.15, 0.2) is 20.1 Å². The van der Waals surface area contributed by atoms with E-state index in [-0.39, 0.29) is 0 Å². The van der Waals surface area contributed by atoms with Crippen LogP contribution in [0.2, 0.25) is 0 Å². The molecule has 0 saturated heterocycles. The number of hydrogen-bond donors (Lipinski definition) is 1. The third-order valence-electron chi connectivity index (χ3n) is 1.36. The highest BCUT2D eigenvalue weighted by Crippen LogP contribution is 2.25. The number of halogens is 1. The molecule has 0 aliphatic rings. The van der Waals surface area contributed by atoms with E-state index < -0.39 is 10.0 Å². The predicted octanol–water partition coefficient (Wildman–Crippen LogP) is 2.20. The lowest BCUT2D eigenvalue weighted by Crippen LogP contribution is -2.23. The van der Waals surface area contributed by atoms with Crippen molar-refractivity contribution in [3.8, 4) is 0 Å². The standard InChI is InChI=1S/C7H10BrNO2S2/c1-2-5-9-13(10,11)7-4-3-6(8)12-7/h3-4,9H,2,5H2,1H3. The molecule has 13 heavy (non-hydrogen) atoms. The average molecular weight is 284 g/mol. The number of sulfonamides is 1. The Morgan fingerprint density at radius 2 is 2.23 bits per heavy atom. The van der Waals surface area contributed by atoms with E-state index in [1.54, 1.807) is 12.1 Å². The minimum absolute atomic E-state index is 0.354. The smallest absolute Gasteiger partial charge is 0.210 e. The summed E-state index contributed by atoms with van der Waals surface area (Å²) in [5, 5.41) is 0. The molecule has 0 aliphatic heterocycles. The van der Waals surface area contributed by atoms with E-state index in [2.05, 4.69) is 20.7 Å². The van der Waals surface area contributed by atoms with Gasteiger partial charge in [-0.15, -0.1) is 11.3 Å². The fraction of sp³-hybridized carbons (Fsp3) is 0.429. The van der Waals surface area contributed by atoms with Gasteiger partial charge >= 0.3 is 0 Å². The summed E-state index contributed by atoms with van der Waals surface area (Å²) in [6.45, 7) is 2.41. The molecule has 0 fully saturated rings. The molecule has 1 N–H and O–H groups in total. The number of thiophene rings is 1. The molecule has 6 heteroatoms. The first-order valence-corrected chi connectivity index (χ1v) is 6.90. The van der Waals surface area contributed by atoms with Crippen molar-refractivity contribution in [2.24, 2.45) is 0 Å². The van der Waals surface area contributed by atoms with Gasteiger partial charge in [-0.3, -0.25) is 0 Å². The van der Waals surface area contributed by atoms with Gasteiger partial charge in [0.15, 0.2) is 0 Å². The maximum atomic E-state index is 11.5. The maximum Gasteiger partial charge on any atom is 0.250 e. The van der Waals surface area contributed by atoms with Crippen LogP contribution in [-0.2, 0) is 10.0 Å². The highest BCUT2D eigenvalue weighted by atomic mass is 79.9. The molecular formula is C7H10BrNO2S2. The zero-order valence-electron chi connectivity index (χ0n) is 7.08. The summed E-state index contributed by atoms with van der Waals surface area (Å²) in [7, 11) is -3.26. The predicted molar refractivity (Wildman–Crippen MR) is 57.5 cm³/mol. The van der Waals surface area contributed by atoms with Crippen molar-refractivity contribution in [1.82, 2.24) is 4.72 Å². The van der Waals surface area contributed by atoms with Crippen LogP contribution in [0.3, 0.4) is 0 Å². The molecule has 0 saturated carbocycles. The number of rotatable bonds is 4. The Labute approximate surface area is 90.3 Å². The third kappa shape index (κ3) is 3.05. The fourth-order valence-electron chi connectivity index (χ4n) is 0.750. The van der Waals surface area contributed by atoms with E-state index in [0.717, 1.165) is 10.2 Å². The largest absolute Gasteiger partial charge is 0.250 e. The van der Waals surface area contributed by atoms with Crippen LogP contribution in [0.25, 0.3) is 0 Å². The lowest BCUT2D eigenvalue weighted by Gasteiger charge is -2.01. The van der Waals surface area contributed by atoms with Gasteiger partial charge in [0.2, 0.25) is 10.0 Å². The second-order valence-corrected chi connectivity index (χ2v) is 6.91. The highest BCUT2D eigenvalue weighted by Gasteiger charge is 2.14. The van der Waals surface area contributed by atoms with Gasteiger partial charge in [-0.2, -0.15) is 0 Å². The zero-order chi connectivity index (χ0) is 9.90. The molecule has 1 heterocycles. The van der Waals surface area contributed by atoms with Crippen LogP contribution in [0, 0.1) is 0 Å². The van der Waals surface area contributed by atoms with Gasteiger partial charge in [0.1, 0.15) is 4.21 Å². The van der Waals surface area contributed by atoms with E-state index in [1.165, 1.54) is 11.3 Å². The summed E-state index contributed by atoms with van der Waals surface area (Å²) in [6, 6.07) is 3.32. The summed E-state index contributed by atoms with van der Waals surface area (Å²) >= 11 is 4.43. The molecule has 0 radical (unpaired) electrons. The second kappa shape index (κ2) is 4.54. The summed E-state index contributed by atoms with van der Waals surface area (Å²) < 4.78 is 26.6. The molecule has 3 nitrogen and oxygen atoms in total. The Morgan fingerprint density at radius 3 is 2.69 bits per heavy atom. The van der Waals surface area contributed by atoms with Gasteiger partial charge in [-0.25, -0.2) is 13.1 Å². The van der Waals surface area contributed by atoms with Gasteiger partial charge in [-0.1, -0.05) is 6.92 Å². The summed E-state index contributed by atoms with van der Waals surface area (Å²) in [6.07, 6.45) is 0.797. The first kappa shape index (κ1) is 11.2. The van der Waals surface area contributed by atoms with Gasteiger partial charge in [0.05, 0.1) is 3.79 Å². The average Bonchev–Trinajstić information content (AvgIpc) is 2.49. The Kier molecular flexibility index (Phi) is 3.90. The first-order valence-electron chi connectivity index (χ1n) is 3.81. The minimum atomic E-state index is -3.26. The van der Waals surface area contributed by atoms with E-state index in [0.29, 0.717) is 10.8 Å². The summed E-state index contributed by atoms with van der Waals surface area (Å²) in [5.74, 6) is 0. The fourth-order valence-corrected chi connectivity index (χ4v) is 3.94. The highest BCUT2D eigenvalue weighted by molar-refractivity contribution is 9.11. The maximum absolute atomic E-state index is 11.5. The third-order valence-corrected chi connectivity index (χ3v) is 4.93. The van der Waals surface area contributed by atoms with Crippen molar-refractivity contribution >= 4 is 37.3 Å². The van der Waals surface area contributed by atoms with Gasteiger partial charge in [0, 0.05) is 6.54 Å². The van der Waals surface area contributed by atoms with Crippen LogP contribution in [0.4, 0.5) is 0 Å². The van der Waals surface area contributed by atoms with Crippen molar-refractivity contribution in [1.29, 1.82) is 0 Å². The van der Waals surface area contributed by atoms with Crippen LogP contribution < -0.4 is 4.72 Å². The normalized spacial score (nSPS) is 11.8. The van der Waals surface area contributed by atoms with Gasteiger partial charge < -0.3 is 0 Å². The Morgan fingerprint density at radius 1 is 1.54 bits per heavy atom. The summed E-state index contributed by atoms with van der Waals surface area (Å²) in [5.41, 5.74) is 0. The Hall–Kier alpha value is 0.0900. The van der Waals surface area contributed by atoms with Crippen molar-refractivity contribution in [3.63, 3.8) is 0 Å². The molecule has 0 amide bonds. The molecule has 1 aromatic heterocycles. The Bertz CT molecular complexity index is 372. The first-order chi connectivity index (χ1) is 6.06. The molecule has 0 bridgehead atoms. The molecule has 0 unspecified atom stereocenters. The van der Waals surface area contributed by atoms with Crippen molar-refractivity contribution in [2.45, 2.75) is 17.6 Å². The quantitative estimate of drug-likeness (QED) is 0.921. The van der Waals surface area contributed by atoms with Crippen molar-refractivity contribution in [3.05, 3.63) is 15.9 Å². The molecule has 1 aromatic rings. The van der Waals surface area contributed by atoms with E-state index in [1.807, 2.05) is 6.92 Å². The van der Waals surface area contributed by atoms with Gasteiger partial charge in [-0.05, 0) is 34.5 Å². The Balaban J connectivity index is 2.82. The molecule has 0 aliphatic carbocycles. The van der Waals surface area contributed by atoms with E-state index in [9.17, 15) is 8.42 Å². The number of hydrogen-bond acceptors (Lipinski definition) is 3. The SMILES string of the molecule is CCCNS(=O)(=O)c1ccc(Br)s1. The zero-order valence-corrected chi connectivity index (χ0v) is 10.3. The molecule has 0 atom stereocenters. The minimum Gasteiger partial charge on any atom is -0.210 e. The lowest BCUT2D eigenvalue weighted by molar-refractivity contribution is 0.583. The molecule has 0 aromatic carbocycles. The second-order valence-electron chi connectivity index (χ2n) is 2.46. The van der Waals surface area contributed by atoms with Crippen LogP contribution in [0.5, 0.6) is 0 Å². The lowest BCUT2D eigenvalue weighted by atomic mass is 10.5. The molecule has 74 valence electrons. The number of nitrogens with one attached hydrogen (secondary N) is 1. The van der Waals surface area contributed by atoms with Crippen LogP contribution >= 0.6 is 27.3 Å². The molecular weight excluding hydrogens is 274 g/mol. The van der Waals surface area contributed by atoms with Crippen LogP contribution in [0.1, 0.15) is 13.3 Å². The topological polar surface area (TPSA) is 46.2 Å². The van der Waals surface area contributed by atoms with Gasteiger partial charge in [0.25, 0.3) is 0 Å². The van der Waals surface area contributed by atoms with Crippen molar-refractivity contribution < 1.29 is 8.42 Å².